The number of hydrogen-bond acceptors (Lipinski definition) is 4. The lowest BCUT2D eigenvalue weighted by molar-refractivity contribution is -0.137. The van der Waals surface area contributed by atoms with Crippen LogP contribution in [0, 0.1) is 5.92 Å². The molecule has 1 saturated heterocycles. The van der Waals surface area contributed by atoms with Crippen molar-refractivity contribution in [2.45, 2.75) is 68.8 Å². The van der Waals surface area contributed by atoms with Gasteiger partial charge in [-0.1, -0.05) is 6.07 Å². The summed E-state index contributed by atoms with van der Waals surface area (Å²) in [6.07, 6.45) is -3.50. The van der Waals surface area contributed by atoms with E-state index in [2.05, 4.69) is 5.32 Å². The minimum Gasteiger partial charge on any atom is -0.350 e. The molecule has 0 radical (unpaired) electrons. The molecule has 1 aromatic rings. The summed E-state index contributed by atoms with van der Waals surface area (Å²) < 4.78 is 64.3. The van der Waals surface area contributed by atoms with Crippen LogP contribution in [-0.2, 0) is 20.8 Å². The van der Waals surface area contributed by atoms with Crippen molar-refractivity contribution in [2.75, 3.05) is 19.6 Å². The van der Waals surface area contributed by atoms with Gasteiger partial charge in [-0.15, -0.1) is 0 Å². The number of nitrogens with zero attached hydrogens (tertiary/aromatic N) is 1. The second kappa shape index (κ2) is 8.49. The van der Waals surface area contributed by atoms with Crippen molar-refractivity contribution >= 4 is 15.7 Å². The van der Waals surface area contributed by atoms with E-state index in [1.165, 1.54) is 6.07 Å². The average molecular weight is 449 g/mol. The van der Waals surface area contributed by atoms with E-state index in [1.54, 1.807) is 13.8 Å². The Bertz CT molecular complexity index is 866. The molecule has 1 amide bonds. The highest BCUT2D eigenvalue weighted by molar-refractivity contribution is 7.92. The maximum absolute atomic E-state index is 13.2. The van der Waals surface area contributed by atoms with Crippen molar-refractivity contribution < 1.29 is 26.4 Å². The van der Waals surface area contributed by atoms with Crippen LogP contribution in [0.3, 0.4) is 0 Å². The maximum Gasteiger partial charge on any atom is 0.416 e. The van der Waals surface area contributed by atoms with Crippen molar-refractivity contribution in [2.24, 2.45) is 5.92 Å². The molecule has 0 atom stereocenters. The van der Waals surface area contributed by atoms with Crippen molar-refractivity contribution in [3.8, 4) is 0 Å². The first-order valence-corrected chi connectivity index (χ1v) is 11.5. The van der Waals surface area contributed by atoms with Crippen LogP contribution in [-0.4, -0.2) is 49.1 Å². The fraction of sp³-hybridized carbons (Fsp3) is 0.667. The number of rotatable bonds is 5. The lowest BCUT2D eigenvalue weighted by atomic mass is 9.86. The van der Waals surface area contributed by atoms with Gasteiger partial charge in [0, 0.05) is 5.54 Å². The summed E-state index contributed by atoms with van der Waals surface area (Å²) in [6.45, 7) is 10.2. The van der Waals surface area contributed by atoms with Crippen molar-refractivity contribution in [3.63, 3.8) is 0 Å². The van der Waals surface area contributed by atoms with Crippen LogP contribution in [0.25, 0.3) is 0 Å². The van der Waals surface area contributed by atoms with E-state index in [0.717, 1.165) is 12.1 Å². The van der Waals surface area contributed by atoms with E-state index in [4.69, 9.17) is 0 Å². The summed E-state index contributed by atoms with van der Waals surface area (Å²) in [7, 11) is -3.98. The molecule has 0 spiro atoms. The zero-order valence-electron chi connectivity index (χ0n) is 18.1. The van der Waals surface area contributed by atoms with Crippen LogP contribution in [0.15, 0.2) is 29.2 Å². The first-order valence-electron chi connectivity index (χ1n) is 9.99. The molecule has 2 rings (SSSR count). The number of halogens is 3. The molecule has 1 N–H and O–H groups in total. The van der Waals surface area contributed by atoms with Gasteiger partial charge >= 0.3 is 6.18 Å². The molecule has 1 aliphatic rings. The summed E-state index contributed by atoms with van der Waals surface area (Å²) in [5.41, 5.74) is -1.30. The minimum atomic E-state index is -4.60. The van der Waals surface area contributed by atoms with E-state index in [0.29, 0.717) is 32.0 Å². The molecule has 170 valence electrons. The van der Waals surface area contributed by atoms with E-state index < -0.39 is 26.3 Å². The summed E-state index contributed by atoms with van der Waals surface area (Å²) in [6, 6.07) is 3.93. The molecule has 5 nitrogen and oxygen atoms in total. The zero-order chi connectivity index (χ0) is 23.0. The molecule has 0 bridgehead atoms. The largest absolute Gasteiger partial charge is 0.416 e. The molecule has 9 heteroatoms. The highest BCUT2D eigenvalue weighted by Gasteiger charge is 2.44. The number of piperidine rings is 1. The molecule has 1 fully saturated rings. The Morgan fingerprint density at radius 1 is 1.10 bits per heavy atom. The second-order valence-electron chi connectivity index (χ2n) is 9.48. The lowest BCUT2D eigenvalue weighted by Crippen LogP contribution is -2.50. The second-order valence-corrected chi connectivity index (χ2v) is 12.0. The topological polar surface area (TPSA) is 66.5 Å². The number of likely N-dealkylation sites (tertiary alicyclic amines) is 1. The number of benzene rings is 1. The number of carbonyl (C=O) groups is 1. The van der Waals surface area contributed by atoms with E-state index in [-0.39, 0.29) is 28.8 Å². The van der Waals surface area contributed by atoms with Gasteiger partial charge < -0.3 is 5.32 Å². The average Bonchev–Trinajstić information content (AvgIpc) is 2.59. The van der Waals surface area contributed by atoms with Gasteiger partial charge in [0.1, 0.15) is 0 Å². The Hall–Kier alpha value is -1.61. The Kier molecular flexibility index (Phi) is 6.98. The normalized spacial score (nSPS) is 17.7. The fourth-order valence-electron chi connectivity index (χ4n) is 3.81. The lowest BCUT2D eigenvalue weighted by Gasteiger charge is -2.40. The number of alkyl halides is 3. The van der Waals surface area contributed by atoms with Gasteiger partial charge in [0.25, 0.3) is 0 Å². The molecule has 0 saturated carbocycles. The number of hydrogen-bond donors (Lipinski definition) is 1. The van der Waals surface area contributed by atoms with Crippen molar-refractivity contribution in [1.82, 2.24) is 10.2 Å². The third kappa shape index (κ3) is 5.75. The van der Waals surface area contributed by atoms with E-state index in [9.17, 15) is 26.4 Å². The van der Waals surface area contributed by atoms with Gasteiger partial charge in [-0.3, -0.25) is 9.69 Å². The quantitative estimate of drug-likeness (QED) is 0.742. The highest BCUT2D eigenvalue weighted by atomic mass is 32.2. The smallest absolute Gasteiger partial charge is 0.350 e. The van der Waals surface area contributed by atoms with Gasteiger partial charge in [-0.2, -0.15) is 13.2 Å². The Labute approximate surface area is 176 Å². The van der Waals surface area contributed by atoms with Crippen molar-refractivity contribution in [1.29, 1.82) is 0 Å². The molecular weight excluding hydrogens is 417 g/mol. The fourth-order valence-corrected chi connectivity index (χ4v) is 5.63. The molecule has 30 heavy (non-hydrogen) atoms. The van der Waals surface area contributed by atoms with Crippen LogP contribution < -0.4 is 5.32 Å². The Morgan fingerprint density at radius 2 is 1.67 bits per heavy atom. The molecule has 0 unspecified atom stereocenters. The summed E-state index contributed by atoms with van der Waals surface area (Å²) in [5, 5.41) is 2.90. The van der Waals surface area contributed by atoms with Gasteiger partial charge in [-0.25, -0.2) is 8.42 Å². The molecule has 0 aromatic heterocycles. The molecule has 1 aliphatic heterocycles. The molecule has 0 aliphatic carbocycles. The van der Waals surface area contributed by atoms with Gasteiger partial charge in [-0.05, 0) is 84.7 Å². The van der Waals surface area contributed by atoms with E-state index >= 15 is 0 Å². The van der Waals surface area contributed by atoms with Gasteiger partial charge in [0.15, 0.2) is 9.84 Å². The Balaban J connectivity index is 2.10. The summed E-state index contributed by atoms with van der Waals surface area (Å²) >= 11 is 0. The van der Waals surface area contributed by atoms with Crippen molar-refractivity contribution in [3.05, 3.63) is 29.8 Å². The molecular formula is C21H31F3N2O3S. The number of amides is 1. The summed E-state index contributed by atoms with van der Waals surface area (Å²) in [4.78, 5) is 13.8. The number of nitrogens with one attached hydrogen (secondary N) is 1. The van der Waals surface area contributed by atoms with Crippen LogP contribution in [0.4, 0.5) is 13.2 Å². The monoisotopic (exact) mass is 448 g/mol. The van der Waals surface area contributed by atoms with Crippen LogP contribution in [0.5, 0.6) is 0 Å². The molecule has 1 heterocycles. The number of sulfone groups is 1. The first kappa shape index (κ1) is 24.7. The third-order valence-electron chi connectivity index (χ3n) is 5.62. The SMILES string of the molecule is CC(C)(C)NC(=O)CN1CCC(C(C)(C)S(=O)(=O)c2cccc(C(F)(F)F)c2)CC1. The predicted molar refractivity (Wildman–Crippen MR) is 110 cm³/mol. The Morgan fingerprint density at radius 3 is 2.17 bits per heavy atom. The van der Waals surface area contributed by atoms with Crippen LogP contribution in [0.2, 0.25) is 0 Å². The summed E-state index contributed by atoms with van der Waals surface area (Å²) in [5.74, 6) is -0.309. The first-order chi connectivity index (χ1) is 13.5. The van der Waals surface area contributed by atoms with E-state index in [1.807, 2.05) is 25.7 Å². The maximum atomic E-state index is 13.2. The molecule has 1 aromatic carbocycles. The highest BCUT2D eigenvalue weighted by Crippen LogP contribution is 2.39. The standard InChI is InChI=1S/C21H31F3N2O3S/c1-19(2,3)25-18(27)14-26-11-9-15(10-12-26)20(4,5)30(28,29)17-8-6-7-16(13-17)21(22,23)24/h6-8,13,15H,9-12,14H2,1-5H3,(H,25,27). The van der Waals surface area contributed by atoms with Crippen LogP contribution in [0.1, 0.15) is 53.0 Å². The van der Waals surface area contributed by atoms with Gasteiger partial charge in [0.05, 0.1) is 21.8 Å². The zero-order valence-corrected chi connectivity index (χ0v) is 19.0. The number of carbonyl (C=O) groups excluding carboxylic acids is 1. The van der Waals surface area contributed by atoms with Crippen LogP contribution >= 0.6 is 0 Å². The van der Waals surface area contributed by atoms with Gasteiger partial charge in [0.2, 0.25) is 5.91 Å². The third-order valence-corrected chi connectivity index (χ3v) is 8.21. The predicted octanol–water partition coefficient (Wildman–Crippen LogP) is 3.88. The minimum absolute atomic E-state index is 0.0863.